The highest BCUT2D eigenvalue weighted by molar-refractivity contribution is 5.83. The van der Waals surface area contributed by atoms with Crippen LogP contribution in [0.2, 0.25) is 0 Å². The maximum Gasteiger partial charge on any atom is 0.242 e. The number of carbonyl (C=O) groups excluding carboxylic acids is 1. The fourth-order valence-electron chi connectivity index (χ4n) is 3.54. The van der Waals surface area contributed by atoms with Crippen molar-refractivity contribution in [3.63, 3.8) is 0 Å². The molecule has 2 saturated heterocycles. The molecule has 2 atom stereocenters. The van der Waals surface area contributed by atoms with Crippen LogP contribution in [0, 0.1) is 0 Å². The van der Waals surface area contributed by atoms with E-state index in [1.807, 2.05) is 18.3 Å². The molecule has 2 bridgehead atoms. The Morgan fingerprint density at radius 2 is 2.05 bits per heavy atom. The summed E-state index contributed by atoms with van der Waals surface area (Å²) in [6.07, 6.45) is 3.16. The van der Waals surface area contributed by atoms with Crippen LogP contribution in [-0.4, -0.2) is 52.5 Å². The largest absolute Gasteiger partial charge is 0.338 e. The first-order valence-corrected chi connectivity index (χ1v) is 7.37. The predicted molar refractivity (Wildman–Crippen MR) is 78.5 cm³/mol. The average Bonchev–Trinajstić information content (AvgIpc) is 3.04. The van der Waals surface area contributed by atoms with Crippen LogP contribution in [0.15, 0.2) is 36.5 Å². The van der Waals surface area contributed by atoms with Gasteiger partial charge in [0.05, 0.1) is 0 Å². The van der Waals surface area contributed by atoms with Crippen LogP contribution in [0.25, 0.3) is 10.9 Å². The van der Waals surface area contributed by atoms with Crippen LogP contribution >= 0.6 is 0 Å². The van der Waals surface area contributed by atoms with Crippen molar-refractivity contribution in [1.82, 2.24) is 14.4 Å². The monoisotopic (exact) mass is 269 g/mol. The van der Waals surface area contributed by atoms with Gasteiger partial charge in [-0.05, 0) is 23.9 Å². The van der Waals surface area contributed by atoms with Gasteiger partial charge in [0.2, 0.25) is 5.91 Å². The van der Waals surface area contributed by atoms with Crippen LogP contribution in [0.1, 0.15) is 6.42 Å². The fourth-order valence-corrected chi connectivity index (χ4v) is 3.54. The highest BCUT2D eigenvalue weighted by atomic mass is 16.2. The zero-order valence-electron chi connectivity index (χ0n) is 11.5. The first-order valence-electron chi connectivity index (χ1n) is 7.37. The molecular weight excluding hydrogens is 250 g/mol. The Labute approximate surface area is 118 Å². The van der Waals surface area contributed by atoms with Gasteiger partial charge in [0.1, 0.15) is 6.54 Å². The Morgan fingerprint density at radius 3 is 3.00 bits per heavy atom. The molecule has 1 amide bonds. The third kappa shape index (κ3) is 1.91. The maximum absolute atomic E-state index is 12.6. The minimum absolute atomic E-state index is 0.262. The Balaban J connectivity index is 1.55. The summed E-state index contributed by atoms with van der Waals surface area (Å²) in [5, 5.41) is 1.20. The molecule has 1 aromatic carbocycles. The molecule has 2 aromatic rings. The summed E-state index contributed by atoms with van der Waals surface area (Å²) in [6, 6.07) is 10.8. The third-order valence-corrected chi connectivity index (χ3v) is 4.65. The summed E-state index contributed by atoms with van der Waals surface area (Å²) in [5.74, 6) is 0.262. The number of carbonyl (C=O) groups is 1. The molecule has 0 saturated carbocycles. The highest BCUT2D eigenvalue weighted by Crippen LogP contribution is 2.21. The van der Waals surface area contributed by atoms with Gasteiger partial charge in [-0.1, -0.05) is 18.2 Å². The minimum Gasteiger partial charge on any atom is -0.338 e. The second-order valence-electron chi connectivity index (χ2n) is 5.83. The summed E-state index contributed by atoms with van der Waals surface area (Å²) in [7, 11) is 0. The van der Waals surface area contributed by atoms with Crippen molar-refractivity contribution in [3.8, 4) is 0 Å². The predicted octanol–water partition coefficient (Wildman–Crippen LogP) is 1.56. The Morgan fingerprint density at radius 1 is 1.15 bits per heavy atom. The molecule has 2 aliphatic rings. The molecular formula is C16H19N3O. The number of rotatable bonds is 2. The van der Waals surface area contributed by atoms with Gasteiger partial charge in [-0.3, -0.25) is 9.69 Å². The van der Waals surface area contributed by atoms with Gasteiger partial charge in [-0.15, -0.1) is 0 Å². The fraction of sp³-hybridized carbons (Fsp3) is 0.438. The molecule has 4 nitrogen and oxygen atoms in total. The van der Waals surface area contributed by atoms with Crippen LogP contribution in [0.5, 0.6) is 0 Å². The Kier molecular flexibility index (Phi) is 2.77. The highest BCUT2D eigenvalue weighted by Gasteiger charge is 2.34. The molecule has 3 heterocycles. The van der Waals surface area contributed by atoms with Gasteiger partial charge < -0.3 is 9.47 Å². The lowest BCUT2D eigenvalue weighted by Crippen LogP contribution is -2.50. The van der Waals surface area contributed by atoms with Crippen molar-refractivity contribution in [1.29, 1.82) is 0 Å². The van der Waals surface area contributed by atoms with Crippen molar-refractivity contribution in [2.75, 3.05) is 26.2 Å². The maximum atomic E-state index is 12.6. The molecule has 4 rings (SSSR count). The van der Waals surface area contributed by atoms with Gasteiger partial charge in [0.25, 0.3) is 0 Å². The molecule has 0 N–H and O–H groups in total. The number of hydrogen-bond acceptors (Lipinski definition) is 2. The van der Waals surface area contributed by atoms with Crippen molar-refractivity contribution in [2.24, 2.45) is 0 Å². The average molecular weight is 269 g/mol. The zero-order valence-corrected chi connectivity index (χ0v) is 11.5. The summed E-state index contributed by atoms with van der Waals surface area (Å²) in [4.78, 5) is 17.1. The first-order chi connectivity index (χ1) is 9.81. The number of aromatic nitrogens is 1. The molecule has 4 heteroatoms. The van der Waals surface area contributed by atoms with E-state index in [-0.39, 0.29) is 5.91 Å². The van der Waals surface area contributed by atoms with E-state index in [0.29, 0.717) is 12.6 Å². The number of para-hydroxylation sites is 1. The normalized spacial score (nSPS) is 25.3. The molecule has 104 valence electrons. The summed E-state index contributed by atoms with van der Waals surface area (Å²) >= 11 is 0. The smallest absolute Gasteiger partial charge is 0.242 e. The quantitative estimate of drug-likeness (QED) is 0.827. The van der Waals surface area contributed by atoms with Crippen LogP contribution in [0.3, 0.4) is 0 Å². The van der Waals surface area contributed by atoms with Gasteiger partial charge >= 0.3 is 0 Å². The molecule has 0 radical (unpaired) electrons. The van der Waals surface area contributed by atoms with Crippen LogP contribution < -0.4 is 0 Å². The third-order valence-electron chi connectivity index (χ3n) is 4.65. The molecule has 2 aliphatic heterocycles. The number of amides is 1. The lowest BCUT2D eigenvalue weighted by Gasteiger charge is -2.34. The van der Waals surface area contributed by atoms with E-state index in [0.717, 1.165) is 38.1 Å². The zero-order chi connectivity index (χ0) is 13.5. The summed E-state index contributed by atoms with van der Waals surface area (Å²) < 4.78 is 2.07. The topological polar surface area (TPSA) is 28.5 Å². The lowest BCUT2D eigenvalue weighted by atomic mass is 10.2. The van der Waals surface area contributed by atoms with Crippen molar-refractivity contribution in [3.05, 3.63) is 36.5 Å². The first kappa shape index (κ1) is 12.0. The van der Waals surface area contributed by atoms with Gasteiger partial charge in [0.15, 0.2) is 0 Å². The van der Waals surface area contributed by atoms with Gasteiger partial charge in [0, 0.05) is 43.9 Å². The second kappa shape index (κ2) is 4.63. The Hall–Kier alpha value is -1.81. The Bertz CT molecular complexity index is 648. The van der Waals surface area contributed by atoms with Gasteiger partial charge in [-0.25, -0.2) is 0 Å². The van der Waals surface area contributed by atoms with Crippen molar-refractivity contribution >= 4 is 16.8 Å². The molecule has 0 spiro atoms. The number of fused-ring (bicyclic) bond motifs is 3. The minimum atomic E-state index is 0.262. The summed E-state index contributed by atoms with van der Waals surface area (Å²) in [6.45, 7) is 4.61. The number of benzene rings is 1. The molecule has 1 aromatic heterocycles. The van der Waals surface area contributed by atoms with E-state index in [9.17, 15) is 4.79 Å². The van der Waals surface area contributed by atoms with E-state index in [4.69, 9.17) is 0 Å². The molecule has 20 heavy (non-hydrogen) atoms. The number of piperazine rings is 1. The van der Waals surface area contributed by atoms with E-state index >= 15 is 0 Å². The summed E-state index contributed by atoms with van der Waals surface area (Å²) in [5.41, 5.74) is 1.14. The van der Waals surface area contributed by atoms with E-state index < -0.39 is 0 Å². The molecule has 0 aliphatic carbocycles. The standard InChI is InChI=1S/C16H19N3O/c20-16(19-10-9-17-7-6-14(19)11-17)12-18-8-5-13-3-1-2-4-15(13)18/h1-5,8,14H,6-7,9-12H2. The molecule has 2 fully saturated rings. The number of hydrogen-bond donors (Lipinski definition) is 0. The SMILES string of the molecule is O=C(Cn1ccc2ccccc21)N1CCN2CCC1C2. The van der Waals surface area contributed by atoms with E-state index in [1.165, 1.54) is 5.39 Å². The van der Waals surface area contributed by atoms with E-state index in [2.05, 4.69) is 32.6 Å². The van der Waals surface area contributed by atoms with E-state index in [1.54, 1.807) is 0 Å². The van der Waals surface area contributed by atoms with Crippen LogP contribution in [-0.2, 0) is 11.3 Å². The van der Waals surface area contributed by atoms with Crippen molar-refractivity contribution < 1.29 is 4.79 Å². The lowest BCUT2D eigenvalue weighted by molar-refractivity contribution is -0.135. The molecule has 2 unspecified atom stereocenters. The van der Waals surface area contributed by atoms with Crippen LogP contribution in [0.4, 0.5) is 0 Å². The number of nitrogens with zero attached hydrogens (tertiary/aromatic N) is 3. The van der Waals surface area contributed by atoms with Gasteiger partial charge in [-0.2, -0.15) is 0 Å². The second-order valence-corrected chi connectivity index (χ2v) is 5.83. The van der Waals surface area contributed by atoms with Crippen molar-refractivity contribution in [2.45, 2.75) is 19.0 Å².